The van der Waals surface area contributed by atoms with E-state index in [1.807, 2.05) is 0 Å². The van der Waals surface area contributed by atoms with Crippen molar-refractivity contribution >= 4 is 15.9 Å². The molecule has 2 unspecified atom stereocenters. The molecule has 106 valence electrons. The van der Waals surface area contributed by atoms with Crippen LogP contribution in [0.25, 0.3) is 0 Å². The van der Waals surface area contributed by atoms with Crippen molar-refractivity contribution in [2.75, 3.05) is 13.7 Å². The Morgan fingerprint density at radius 3 is 3.00 bits per heavy atom. The lowest BCUT2D eigenvalue weighted by Gasteiger charge is -2.20. The van der Waals surface area contributed by atoms with E-state index in [0.29, 0.717) is 12.1 Å². The smallest absolute Gasteiger partial charge is 0.0576 e. The van der Waals surface area contributed by atoms with Gasteiger partial charge in [-0.25, -0.2) is 0 Å². The largest absolute Gasteiger partial charge is 0.378 e. The molecule has 1 aromatic carbocycles. The lowest BCUT2D eigenvalue weighted by atomic mass is 9.96. The summed E-state index contributed by atoms with van der Waals surface area (Å²) in [6.45, 7) is 3.15. The zero-order chi connectivity index (χ0) is 13.7. The van der Waals surface area contributed by atoms with Gasteiger partial charge in [-0.3, -0.25) is 0 Å². The first-order chi connectivity index (χ1) is 9.20. The van der Waals surface area contributed by atoms with Gasteiger partial charge >= 0.3 is 0 Å². The quantitative estimate of drug-likeness (QED) is 0.838. The Labute approximate surface area is 125 Å². The third-order valence-corrected chi connectivity index (χ3v) is 4.50. The Morgan fingerprint density at radius 2 is 2.32 bits per heavy atom. The first kappa shape index (κ1) is 15.0. The Morgan fingerprint density at radius 1 is 1.47 bits per heavy atom. The molecule has 0 amide bonds. The minimum Gasteiger partial charge on any atom is -0.378 e. The van der Waals surface area contributed by atoms with Crippen molar-refractivity contribution in [1.29, 1.82) is 0 Å². The van der Waals surface area contributed by atoms with Gasteiger partial charge < -0.3 is 10.1 Å². The summed E-state index contributed by atoms with van der Waals surface area (Å²) in [5.41, 5.74) is 2.77. The normalized spacial score (nSPS) is 20.7. The molecule has 2 atom stereocenters. The number of rotatable bonds is 6. The maximum absolute atomic E-state index is 5.69. The lowest BCUT2D eigenvalue weighted by Crippen LogP contribution is -2.18. The molecule has 0 spiro atoms. The predicted octanol–water partition coefficient (Wildman–Crippen LogP) is 4.37. The fourth-order valence-electron chi connectivity index (χ4n) is 2.86. The number of hydrogen-bond acceptors (Lipinski definition) is 2. The second kappa shape index (κ2) is 7.41. The molecule has 2 nitrogen and oxygen atoms in total. The summed E-state index contributed by atoms with van der Waals surface area (Å²) in [5.74, 6) is 0. The van der Waals surface area contributed by atoms with E-state index in [-0.39, 0.29) is 0 Å². The van der Waals surface area contributed by atoms with E-state index in [9.17, 15) is 0 Å². The maximum atomic E-state index is 5.69. The van der Waals surface area contributed by atoms with Crippen LogP contribution in [-0.4, -0.2) is 19.8 Å². The summed E-state index contributed by atoms with van der Waals surface area (Å²) in [6.07, 6.45) is 6.60. The molecule has 1 N–H and O–H groups in total. The molecule has 1 aliphatic rings. The molecule has 1 aliphatic heterocycles. The van der Waals surface area contributed by atoms with Crippen molar-refractivity contribution < 1.29 is 4.74 Å². The second-order valence-corrected chi connectivity index (χ2v) is 6.32. The average Bonchev–Trinajstić information content (AvgIpc) is 2.91. The van der Waals surface area contributed by atoms with E-state index in [1.54, 1.807) is 0 Å². The number of aryl methyl sites for hydroxylation is 1. The SMILES string of the molecule is CNC(CCCC1CCCO1)c1cc(Br)ccc1C. The van der Waals surface area contributed by atoms with E-state index >= 15 is 0 Å². The minimum atomic E-state index is 0.443. The summed E-state index contributed by atoms with van der Waals surface area (Å²) >= 11 is 3.57. The Balaban J connectivity index is 1.89. The molecule has 3 heteroatoms. The van der Waals surface area contributed by atoms with Crippen molar-refractivity contribution in [1.82, 2.24) is 5.32 Å². The Hall–Kier alpha value is -0.380. The highest BCUT2D eigenvalue weighted by atomic mass is 79.9. The first-order valence-corrected chi connectivity index (χ1v) is 8.05. The van der Waals surface area contributed by atoms with Gasteiger partial charge in [0.1, 0.15) is 0 Å². The summed E-state index contributed by atoms with van der Waals surface area (Å²) in [4.78, 5) is 0. The highest BCUT2D eigenvalue weighted by Gasteiger charge is 2.17. The van der Waals surface area contributed by atoms with E-state index in [1.165, 1.54) is 43.2 Å². The molecule has 1 heterocycles. The van der Waals surface area contributed by atoms with Crippen LogP contribution in [0.3, 0.4) is 0 Å². The number of hydrogen-bond donors (Lipinski definition) is 1. The molecule has 0 saturated carbocycles. The molecule has 19 heavy (non-hydrogen) atoms. The van der Waals surface area contributed by atoms with Crippen LogP contribution in [0.5, 0.6) is 0 Å². The highest BCUT2D eigenvalue weighted by molar-refractivity contribution is 9.10. The van der Waals surface area contributed by atoms with Crippen LogP contribution in [0.1, 0.15) is 49.3 Å². The summed E-state index contributed by atoms with van der Waals surface area (Å²) in [7, 11) is 2.05. The van der Waals surface area contributed by atoms with Gasteiger partial charge in [0, 0.05) is 17.1 Å². The zero-order valence-electron chi connectivity index (χ0n) is 11.9. The lowest BCUT2D eigenvalue weighted by molar-refractivity contribution is 0.101. The average molecular weight is 326 g/mol. The minimum absolute atomic E-state index is 0.443. The molecule has 0 radical (unpaired) electrons. The van der Waals surface area contributed by atoms with Crippen molar-refractivity contribution in [3.63, 3.8) is 0 Å². The summed E-state index contributed by atoms with van der Waals surface area (Å²) in [5, 5.41) is 3.45. The second-order valence-electron chi connectivity index (χ2n) is 5.41. The van der Waals surface area contributed by atoms with E-state index in [0.717, 1.165) is 11.1 Å². The number of nitrogens with one attached hydrogen (secondary N) is 1. The Bertz CT molecular complexity index is 402. The van der Waals surface area contributed by atoms with Crippen LogP contribution in [0.15, 0.2) is 22.7 Å². The van der Waals surface area contributed by atoms with Crippen LogP contribution >= 0.6 is 15.9 Å². The summed E-state index contributed by atoms with van der Waals surface area (Å²) < 4.78 is 6.85. The van der Waals surface area contributed by atoms with Gasteiger partial charge in [0.2, 0.25) is 0 Å². The van der Waals surface area contributed by atoms with Crippen LogP contribution in [0.4, 0.5) is 0 Å². The molecular formula is C16H24BrNO. The summed E-state index contributed by atoms with van der Waals surface area (Å²) in [6, 6.07) is 6.98. The third-order valence-electron chi connectivity index (χ3n) is 4.01. The molecule has 0 aromatic heterocycles. The molecule has 1 aromatic rings. The van der Waals surface area contributed by atoms with E-state index in [2.05, 4.69) is 53.4 Å². The standard InChI is InChI=1S/C16H24BrNO/c1-12-8-9-13(17)11-15(12)16(18-2)7-3-5-14-6-4-10-19-14/h8-9,11,14,16,18H,3-7,10H2,1-2H3. The van der Waals surface area contributed by atoms with Crippen LogP contribution in [-0.2, 0) is 4.74 Å². The van der Waals surface area contributed by atoms with E-state index < -0.39 is 0 Å². The van der Waals surface area contributed by atoms with Crippen LogP contribution < -0.4 is 5.32 Å². The molecular weight excluding hydrogens is 302 g/mol. The van der Waals surface area contributed by atoms with Crippen molar-refractivity contribution in [2.24, 2.45) is 0 Å². The van der Waals surface area contributed by atoms with Gasteiger partial charge in [-0.2, -0.15) is 0 Å². The molecule has 1 fully saturated rings. The van der Waals surface area contributed by atoms with Crippen LogP contribution in [0.2, 0.25) is 0 Å². The van der Waals surface area contributed by atoms with Gasteiger partial charge in [-0.15, -0.1) is 0 Å². The maximum Gasteiger partial charge on any atom is 0.0576 e. The van der Waals surface area contributed by atoms with Gasteiger partial charge in [0.25, 0.3) is 0 Å². The zero-order valence-corrected chi connectivity index (χ0v) is 13.5. The van der Waals surface area contributed by atoms with Gasteiger partial charge in [-0.1, -0.05) is 22.0 Å². The predicted molar refractivity (Wildman–Crippen MR) is 83.5 cm³/mol. The van der Waals surface area contributed by atoms with Crippen molar-refractivity contribution in [2.45, 2.75) is 51.2 Å². The molecule has 0 aliphatic carbocycles. The van der Waals surface area contributed by atoms with Crippen molar-refractivity contribution in [3.05, 3.63) is 33.8 Å². The van der Waals surface area contributed by atoms with Gasteiger partial charge in [0.15, 0.2) is 0 Å². The molecule has 1 saturated heterocycles. The topological polar surface area (TPSA) is 21.3 Å². The number of benzene rings is 1. The highest BCUT2D eigenvalue weighted by Crippen LogP contribution is 2.27. The Kier molecular flexibility index (Phi) is 5.86. The monoisotopic (exact) mass is 325 g/mol. The number of ether oxygens (including phenoxy) is 1. The van der Waals surface area contributed by atoms with E-state index in [4.69, 9.17) is 4.74 Å². The van der Waals surface area contributed by atoms with Crippen LogP contribution in [0, 0.1) is 6.92 Å². The molecule has 0 bridgehead atoms. The first-order valence-electron chi connectivity index (χ1n) is 7.25. The fourth-order valence-corrected chi connectivity index (χ4v) is 3.24. The van der Waals surface area contributed by atoms with Gasteiger partial charge in [0.05, 0.1) is 6.10 Å². The third kappa shape index (κ3) is 4.30. The van der Waals surface area contributed by atoms with Crippen molar-refractivity contribution in [3.8, 4) is 0 Å². The molecule has 2 rings (SSSR count). The number of halogens is 1. The fraction of sp³-hybridized carbons (Fsp3) is 0.625. The van der Waals surface area contributed by atoms with Gasteiger partial charge in [-0.05, 0) is 69.3 Å².